The molecule has 7 heteroatoms. The predicted octanol–water partition coefficient (Wildman–Crippen LogP) is 0.161. The number of nitrogens with one attached hydrogen (secondary N) is 2. The van der Waals surface area contributed by atoms with Crippen LogP contribution in [0.4, 0.5) is 4.79 Å². The van der Waals surface area contributed by atoms with Crippen LogP contribution in [0.15, 0.2) is 0 Å². The molecule has 1 aliphatic heterocycles. The SMILES string of the molecule is CC1CCC(NC(=O)N2CCNC(=O)C2)(C(=O)O)CC1. The molecule has 112 valence electrons. The first-order chi connectivity index (χ1) is 9.43. The van der Waals surface area contributed by atoms with E-state index in [1.807, 2.05) is 0 Å². The molecule has 3 N–H and O–H groups in total. The highest BCUT2D eigenvalue weighted by Crippen LogP contribution is 2.32. The minimum absolute atomic E-state index is 0.0159. The molecule has 0 atom stereocenters. The second-order valence-corrected chi connectivity index (χ2v) is 5.77. The second-order valence-electron chi connectivity index (χ2n) is 5.77. The molecule has 20 heavy (non-hydrogen) atoms. The van der Waals surface area contributed by atoms with E-state index in [1.165, 1.54) is 4.90 Å². The molecule has 1 saturated carbocycles. The molecule has 1 aliphatic carbocycles. The van der Waals surface area contributed by atoms with E-state index in [2.05, 4.69) is 17.6 Å². The minimum Gasteiger partial charge on any atom is -0.480 e. The zero-order valence-corrected chi connectivity index (χ0v) is 11.6. The van der Waals surface area contributed by atoms with Crippen LogP contribution < -0.4 is 10.6 Å². The lowest BCUT2D eigenvalue weighted by Crippen LogP contribution is -2.61. The van der Waals surface area contributed by atoms with Gasteiger partial charge in [0, 0.05) is 13.1 Å². The molecular weight excluding hydrogens is 262 g/mol. The fraction of sp³-hybridized carbons (Fsp3) is 0.769. The van der Waals surface area contributed by atoms with Crippen molar-refractivity contribution in [3.05, 3.63) is 0 Å². The van der Waals surface area contributed by atoms with Gasteiger partial charge in [-0.25, -0.2) is 9.59 Å². The standard InChI is InChI=1S/C13H21N3O4/c1-9-2-4-13(5-3-9,11(18)19)15-12(20)16-7-6-14-10(17)8-16/h9H,2-8H2,1H3,(H,14,17)(H,15,20)(H,18,19). The van der Waals surface area contributed by atoms with Crippen LogP contribution in [0.1, 0.15) is 32.6 Å². The molecule has 2 rings (SSSR count). The normalized spacial score (nSPS) is 30.6. The summed E-state index contributed by atoms with van der Waals surface area (Å²) in [6, 6.07) is -0.461. The lowest BCUT2D eigenvalue weighted by Gasteiger charge is -2.38. The minimum atomic E-state index is -1.18. The van der Waals surface area contributed by atoms with Gasteiger partial charge >= 0.3 is 12.0 Å². The van der Waals surface area contributed by atoms with Gasteiger partial charge in [0.05, 0.1) is 0 Å². The molecule has 0 aromatic heterocycles. The van der Waals surface area contributed by atoms with Gasteiger partial charge in [-0.1, -0.05) is 6.92 Å². The Morgan fingerprint density at radius 1 is 1.40 bits per heavy atom. The Morgan fingerprint density at radius 3 is 2.60 bits per heavy atom. The third-order valence-corrected chi connectivity index (χ3v) is 4.21. The van der Waals surface area contributed by atoms with Crippen LogP contribution >= 0.6 is 0 Å². The van der Waals surface area contributed by atoms with E-state index in [4.69, 9.17) is 0 Å². The quantitative estimate of drug-likeness (QED) is 0.672. The summed E-state index contributed by atoms with van der Waals surface area (Å²) in [5.41, 5.74) is -1.18. The first-order valence-corrected chi connectivity index (χ1v) is 7.00. The molecule has 1 saturated heterocycles. The van der Waals surface area contributed by atoms with Gasteiger partial charge in [-0.3, -0.25) is 4.79 Å². The zero-order valence-electron chi connectivity index (χ0n) is 11.6. The molecule has 0 radical (unpaired) electrons. The molecule has 2 fully saturated rings. The van der Waals surface area contributed by atoms with E-state index in [-0.39, 0.29) is 12.5 Å². The van der Waals surface area contributed by atoms with E-state index >= 15 is 0 Å². The number of hydrogen-bond acceptors (Lipinski definition) is 3. The van der Waals surface area contributed by atoms with Crippen LogP contribution in [0.3, 0.4) is 0 Å². The van der Waals surface area contributed by atoms with Gasteiger partial charge in [-0.05, 0) is 31.6 Å². The molecule has 0 bridgehead atoms. The summed E-state index contributed by atoms with van der Waals surface area (Å²) in [6.07, 6.45) is 2.45. The Labute approximate surface area is 117 Å². The van der Waals surface area contributed by atoms with Crippen molar-refractivity contribution in [3.63, 3.8) is 0 Å². The van der Waals surface area contributed by atoms with Crippen LogP contribution in [0.5, 0.6) is 0 Å². The number of rotatable bonds is 2. The van der Waals surface area contributed by atoms with Gasteiger partial charge in [0.25, 0.3) is 0 Å². The molecule has 3 amide bonds. The third-order valence-electron chi connectivity index (χ3n) is 4.21. The lowest BCUT2D eigenvalue weighted by atomic mass is 9.77. The number of carboxylic acid groups (broad SMARTS) is 1. The van der Waals surface area contributed by atoms with Crippen molar-refractivity contribution in [3.8, 4) is 0 Å². The smallest absolute Gasteiger partial charge is 0.329 e. The average Bonchev–Trinajstić information content (AvgIpc) is 2.41. The topological polar surface area (TPSA) is 98.7 Å². The summed E-state index contributed by atoms with van der Waals surface area (Å²) in [7, 11) is 0. The Bertz CT molecular complexity index is 416. The molecule has 0 spiro atoms. The molecule has 1 heterocycles. The number of aliphatic carboxylic acids is 1. The van der Waals surface area contributed by atoms with E-state index in [0.29, 0.717) is 31.8 Å². The van der Waals surface area contributed by atoms with Crippen LogP contribution in [0.2, 0.25) is 0 Å². The van der Waals surface area contributed by atoms with Gasteiger partial charge < -0.3 is 20.6 Å². The van der Waals surface area contributed by atoms with Crippen molar-refractivity contribution in [2.24, 2.45) is 5.92 Å². The van der Waals surface area contributed by atoms with Crippen molar-refractivity contribution in [2.75, 3.05) is 19.6 Å². The zero-order chi connectivity index (χ0) is 14.8. The maximum Gasteiger partial charge on any atom is 0.329 e. The summed E-state index contributed by atoms with van der Waals surface area (Å²) in [4.78, 5) is 36.4. The molecule has 0 aromatic carbocycles. The van der Waals surface area contributed by atoms with Crippen molar-refractivity contribution in [2.45, 2.75) is 38.1 Å². The van der Waals surface area contributed by atoms with Gasteiger partial charge in [0.2, 0.25) is 5.91 Å². The van der Waals surface area contributed by atoms with Crippen molar-refractivity contribution in [1.82, 2.24) is 15.5 Å². The van der Waals surface area contributed by atoms with Gasteiger partial charge in [0.15, 0.2) is 0 Å². The summed E-state index contributed by atoms with van der Waals surface area (Å²) in [6.45, 7) is 2.88. The number of urea groups is 1. The number of hydrogen-bond donors (Lipinski definition) is 3. The molecular formula is C13H21N3O4. The van der Waals surface area contributed by atoms with Crippen LogP contribution in [-0.2, 0) is 9.59 Å². The van der Waals surface area contributed by atoms with Crippen LogP contribution in [-0.4, -0.2) is 53.1 Å². The van der Waals surface area contributed by atoms with E-state index in [0.717, 1.165) is 12.8 Å². The molecule has 7 nitrogen and oxygen atoms in total. The number of carboxylic acids is 1. The van der Waals surface area contributed by atoms with Crippen molar-refractivity contribution < 1.29 is 19.5 Å². The van der Waals surface area contributed by atoms with Crippen LogP contribution in [0.25, 0.3) is 0 Å². The highest BCUT2D eigenvalue weighted by Gasteiger charge is 2.43. The highest BCUT2D eigenvalue weighted by atomic mass is 16.4. The van der Waals surface area contributed by atoms with E-state index in [9.17, 15) is 19.5 Å². The maximum atomic E-state index is 12.2. The fourth-order valence-corrected chi connectivity index (χ4v) is 2.74. The Morgan fingerprint density at radius 2 is 2.05 bits per heavy atom. The highest BCUT2D eigenvalue weighted by molar-refractivity contribution is 5.89. The summed E-state index contributed by atoms with van der Waals surface area (Å²) < 4.78 is 0. The number of carbonyl (C=O) groups is 3. The van der Waals surface area contributed by atoms with Crippen molar-refractivity contribution in [1.29, 1.82) is 0 Å². The largest absolute Gasteiger partial charge is 0.480 e. The average molecular weight is 283 g/mol. The van der Waals surface area contributed by atoms with Gasteiger partial charge in [-0.2, -0.15) is 0 Å². The third kappa shape index (κ3) is 3.02. The Balaban J connectivity index is 2.03. The number of carbonyl (C=O) groups excluding carboxylic acids is 2. The first kappa shape index (κ1) is 14.6. The summed E-state index contributed by atoms with van der Waals surface area (Å²) in [5, 5.41) is 14.7. The maximum absolute atomic E-state index is 12.2. The molecule has 0 aromatic rings. The second kappa shape index (κ2) is 5.68. The summed E-state index contributed by atoms with van der Waals surface area (Å²) >= 11 is 0. The number of amides is 3. The number of nitrogens with zero attached hydrogens (tertiary/aromatic N) is 1. The molecule has 2 aliphatic rings. The summed E-state index contributed by atoms with van der Waals surface area (Å²) in [5.74, 6) is -0.715. The molecule has 0 unspecified atom stereocenters. The van der Waals surface area contributed by atoms with E-state index < -0.39 is 17.5 Å². The first-order valence-electron chi connectivity index (χ1n) is 7.00. The monoisotopic (exact) mass is 283 g/mol. The number of piperazine rings is 1. The predicted molar refractivity (Wildman–Crippen MR) is 71.1 cm³/mol. The fourth-order valence-electron chi connectivity index (χ4n) is 2.74. The van der Waals surface area contributed by atoms with Crippen molar-refractivity contribution >= 4 is 17.9 Å². The lowest BCUT2D eigenvalue weighted by molar-refractivity contribution is -0.146. The Hall–Kier alpha value is -1.79. The van der Waals surface area contributed by atoms with Gasteiger partial charge in [0.1, 0.15) is 12.1 Å². The van der Waals surface area contributed by atoms with Gasteiger partial charge in [-0.15, -0.1) is 0 Å². The Kier molecular flexibility index (Phi) is 4.15. The van der Waals surface area contributed by atoms with Crippen LogP contribution in [0, 0.1) is 5.92 Å². The van der Waals surface area contributed by atoms with E-state index in [1.54, 1.807) is 0 Å².